The van der Waals surface area contributed by atoms with E-state index < -0.39 is 0 Å². The Morgan fingerprint density at radius 1 is 1.08 bits per heavy atom. The maximum absolute atomic E-state index is 12.8. The molecule has 196 valence electrons. The normalized spacial score (nSPS) is 19.1. The summed E-state index contributed by atoms with van der Waals surface area (Å²) in [4.78, 5) is 27.8. The number of amides is 1. The van der Waals surface area contributed by atoms with Gasteiger partial charge in [-0.15, -0.1) is 0 Å². The molecule has 2 heterocycles. The second-order valence-electron chi connectivity index (χ2n) is 10.1. The van der Waals surface area contributed by atoms with Crippen LogP contribution in [0.3, 0.4) is 0 Å². The summed E-state index contributed by atoms with van der Waals surface area (Å²) in [6.07, 6.45) is 9.07. The molecule has 1 saturated heterocycles. The summed E-state index contributed by atoms with van der Waals surface area (Å²) in [6, 6.07) is 10.6. The molecule has 5 rings (SSSR count). The molecule has 0 atom stereocenters. The first-order valence-electron chi connectivity index (χ1n) is 13.1. The fourth-order valence-electron chi connectivity index (χ4n) is 4.82. The minimum Gasteiger partial charge on any atom is -0.493 e. The Labute approximate surface area is 227 Å². The van der Waals surface area contributed by atoms with Gasteiger partial charge in [0.15, 0.2) is 5.76 Å². The molecule has 1 saturated carbocycles. The smallest absolute Gasteiger partial charge is 0.251 e. The molecule has 0 unspecified atom stereocenters. The maximum Gasteiger partial charge on any atom is 0.251 e. The Morgan fingerprint density at radius 3 is 2.65 bits per heavy atom. The number of ether oxygens (including phenoxy) is 2. The van der Waals surface area contributed by atoms with Gasteiger partial charge in [-0.2, -0.15) is 0 Å². The van der Waals surface area contributed by atoms with Crippen LogP contribution in [-0.4, -0.2) is 48.9 Å². The van der Waals surface area contributed by atoms with E-state index in [0.29, 0.717) is 51.0 Å². The van der Waals surface area contributed by atoms with Gasteiger partial charge in [-0.05, 0) is 93.8 Å². The zero-order valence-corrected chi connectivity index (χ0v) is 22.3. The Kier molecular flexibility index (Phi) is 8.38. The highest BCUT2D eigenvalue weighted by atomic mass is 35.5. The maximum atomic E-state index is 12.8. The number of carbonyl (C=O) groups excluding carboxylic acids is 2. The fraction of sp³-hybridized carbons (Fsp3) is 0.448. The lowest BCUT2D eigenvalue weighted by molar-refractivity contribution is 0.0909. The van der Waals surface area contributed by atoms with Gasteiger partial charge >= 0.3 is 0 Å². The van der Waals surface area contributed by atoms with E-state index in [1.54, 1.807) is 18.2 Å². The summed E-state index contributed by atoms with van der Waals surface area (Å²) < 4.78 is 11.8. The predicted octanol–water partition coefficient (Wildman–Crippen LogP) is 6.31. The number of Topliss-reactive ketones (excluding diaryl/α,β-unsaturated/α-hetero) is 1. The van der Waals surface area contributed by atoms with Crippen LogP contribution in [0.4, 0.5) is 0 Å². The van der Waals surface area contributed by atoms with Crippen LogP contribution >= 0.6 is 23.2 Å². The molecule has 0 radical (unpaired) electrons. The molecule has 1 N–H and O–H groups in total. The number of unbranched alkanes of at least 4 members (excludes halogenated alkanes) is 1. The lowest BCUT2D eigenvalue weighted by Gasteiger charge is -2.32. The van der Waals surface area contributed by atoms with Gasteiger partial charge in [0.05, 0.1) is 16.7 Å². The summed E-state index contributed by atoms with van der Waals surface area (Å²) in [5.74, 6) is 2.17. The lowest BCUT2D eigenvalue weighted by Crippen LogP contribution is -2.44. The van der Waals surface area contributed by atoms with Gasteiger partial charge in [-0.3, -0.25) is 9.59 Å². The van der Waals surface area contributed by atoms with Crippen molar-refractivity contribution in [1.82, 2.24) is 10.2 Å². The Bertz CT molecular complexity index is 1190. The fourth-order valence-corrected chi connectivity index (χ4v) is 5.11. The zero-order valence-electron chi connectivity index (χ0n) is 20.8. The van der Waals surface area contributed by atoms with Crippen molar-refractivity contribution in [1.29, 1.82) is 0 Å². The molecule has 0 bridgehead atoms. The number of ketones is 1. The number of halogens is 2. The van der Waals surface area contributed by atoms with Crippen LogP contribution in [0.25, 0.3) is 0 Å². The molecular formula is C29H32Cl2N2O4. The van der Waals surface area contributed by atoms with Gasteiger partial charge in [0.1, 0.15) is 17.1 Å². The molecule has 0 spiro atoms. The van der Waals surface area contributed by atoms with Gasteiger partial charge < -0.3 is 19.7 Å². The van der Waals surface area contributed by atoms with Crippen LogP contribution < -0.4 is 14.8 Å². The van der Waals surface area contributed by atoms with E-state index in [0.717, 1.165) is 51.7 Å². The number of nitrogens with zero attached hydrogens (tertiary/aromatic N) is 1. The monoisotopic (exact) mass is 542 g/mol. The number of benzene rings is 2. The predicted molar refractivity (Wildman–Crippen MR) is 145 cm³/mol. The highest BCUT2D eigenvalue weighted by Crippen LogP contribution is 2.39. The standard InChI is InChI=1S/C29H32Cl2N2O4/c30-22-10-9-20(18-23(22)31)29(35)32-21-12-15-33(16-13-21)14-1-2-17-36-24-4-3-5-25-27(24)28(34)26(37-25)11-8-19-6-7-19/h3-5,9-11,18-19,21H,1-2,6-8,12-17H2,(H,32,35)/b26-11-. The van der Waals surface area contributed by atoms with Crippen molar-refractivity contribution in [2.75, 3.05) is 26.2 Å². The van der Waals surface area contributed by atoms with Crippen LogP contribution in [0, 0.1) is 5.92 Å². The molecule has 8 heteroatoms. The molecule has 2 aromatic carbocycles. The molecule has 0 aromatic heterocycles. The van der Waals surface area contributed by atoms with E-state index in [2.05, 4.69) is 10.2 Å². The average molecular weight is 543 g/mol. The molecule has 2 fully saturated rings. The van der Waals surface area contributed by atoms with Crippen LogP contribution in [0.1, 0.15) is 65.7 Å². The van der Waals surface area contributed by atoms with Crippen LogP contribution in [0.5, 0.6) is 11.5 Å². The SMILES string of the molecule is O=C(NC1CCN(CCCCOc2cccc3c2C(=O)/C(=C/CC2CC2)O3)CC1)c1ccc(Cl)c(Cl)c1. The van der Waals surface area contributed by atoms with Crippen molar-refractivity contribution in [3.05, 3.63) is 69.4 Å². The second kappa shape index (κ2) is 11.9. The Morgan fingerprint density at radius 2 is 1.89 bits per heavy atom. The minimum atomic E-state index is -0.115. The third-order valence-corrected chi connectivity index (χ3v) is 7.96. The number of piperidine rings is 1. The summed E-state index contributed by atoms with van der Waals surface area (Å²) in [7, 11) is 0. The number of nitrogens with one attached hydrogen (secondary N) is 1. The van der Waals surface area contributed by atoms with Crippen LogP contribution in [0.15, 0.2) is 48.2 Å². The molecular weight excluding hydrogens is 511 g/mol. The van der Waals surface area contributed by atoms with Gasteiger partial charge in [0.2, 0.25) is 5.78 Å². The van der Waals surface area contributed by atoms with Gasteiger partial charge in [-0.1, -0.05) is 29.3 Å². The lowest BCUT2D eigenvalue weighted by atomic mass is 10.0. The Hall–Kier alpha value is -2.54. The molecule has 1 aliphatic carbocycles. The number of fused-ring (bicyclic) bond motifs is 1. The molecule has 6 nitrogen and oxygen atoms in total. The van der Waals surface area contributed by atoms with Crippen molar-refractivity contribution >= 4 is 34.9 Å². The first-order chi connectivity index (χ1) is 18.0. The third-order valence-electron chi connectivity index (χ3n) is 7.22. The number of hydrogen-bond donors (Lipinski definition) is 1. The highest BCUT2D eigenvalue weighted by molar-refractivity contribution is 6.42. The van der Waals surface area contributed by atoms with E-state index in [1.165, 1.54) is 12.8 Å². The second-order valence-corrected chi connectivity index (χ2v) is 10.9. The molecule has 2 aromatic rings. The number of likely N-dealkylation sites (tertiary alicyclic amines) is 1. The quantitative estimate of drug-likeness (QED) is 0.281. The van der Waals surface area contributed by atoms with Crippen LogP contribution in [-0.2, 0) is 0 Å². The average Bonchev–Trinajstić information content (AvgIpc) is 3.67. The van der Waals surface area contributed by atoms with E-state index in [1.807, 2.05) is 24.3 Å². The van der Waals surface area contributed by atoms with Crippen molar-refractivity contribution in [2.24, 2.45) is 5.92 Å². The van der Waals surface area contributed by atoms with E-state index in [-0.39, 0.29) is 17.7 Å². The van der Waals surface area contributed by atoms with Crippen molar-refractivity contribution in [3.63, 3.8) is 0 Å². The van der Waals surface area contributed by atoms with Crippen molar-refractivity contribution in [2.45, 2.75) is 51.0 Å². The summed E-state index contributed by atoms with van der Waals surface area (Å²) >= 11 is 12.0. The van der Waals surface area contributed by atoms with Gasteiger partial charge in [0.25, 0.3) is 5.91 Å². The topological polar surface area (TPSA) is 67.9 Å². The minimum absolute atomic E-state index is 0.0691. The first kappa shape index (κ1) is 26.1. The molecule has 3 aliphatic rings. The number of carbonyl (C=O) groups is 2. The highest BCUT2D eigenvalue weighted by Gasteiger charge is 2.31. The largest absolute Gasteiger partial charge is 0.493 e. The third kappa shape index (κ3) is 6.67. The molecule has 1 amide bonds. The van der Waals surface area contributed by atoms with Gasteiger partial charge in [0, 0.05) is 24.7 Å². The van der Waals surface area contributed by atoms with E-state index >= 15 is 0 Å². The number of rotatable bonds is 10. The van der Waals surface area contributed by atoms with Crippen molar-refractivity contribution in [3.8, 4) is 11.5 Å². The van der Waals surface area contributed by atoms with Crippen molar-refractivity contribution < 1.29 is 19.1 Å². The molecule has 2 aliphatic heterocycles. The zero-order chi connectivity index (χ0) is 25.8. The van der Waals surface area contributed by atoms with Crippen LogP contribution in [0.2, 0.25) is 10.0 Å². The summed E-state index contributed by atoms with van der Waals surface area (Å²) in [5, 5.41) is 3.94. The van der Waals surface area contributed by atoms with E-state index in [9.17, 15) is 9.59 Å². The number of allylic oxidation sites excluding steroid dienone is 2. The Balaban J connectivity index is 1.01. The summed E-state index contributed by atoms with van der Waals surface area (Å²) in [5.41, 5.74) is 1.08. The summed E-state index contributed by atoms with van der Waals surface area (Å²) in [6.45, 7) is 3.43. The molecule has 37 heavy (non-hydrogen) atoms. The van der Waals surface area contributed by atoms with E-state index in [4.69, 9.17) is 32.7 Å². The number of hydrogen-bond acceptors (Lipinski definition) is 5. The first-order valence-corrected chi connectivity index (χ1v) is 13.9. The van der Waals surface area contributed by atoms with Gasteiger partial charge in [-0.25, -0.2) is 0 Å².